The summed E-state index contributed by atoms with van der Waals surface area (Å²) < 4.78 is 1.73. The number of aromatic hydroxyl groups is 1. The number of aromatic amines is 1. The minimum absolute atomic E-state index is 0.145. The van der Waals surface area contributed by atoms with Crippen LogP contribution in [0.15, 0.2) is 54.7 Å². The normalized spacial score (nSPS) is 16.1. The molecule has 0 radical (unpaired) electrons. The number of para-hydroxylation sites is 2. The lowest BCUT2D eigenvalue weighted by Gasteiger charge is -2.27. The molecular weight excluding hydrogens is 376 g/mol. The lowest BCUT2D eigenvalue weighted by atomic mass is 9.84. The highest BCUT2D eigenvalue weighted by atomic mass is 16.3. The number of hydrogen-bond acceptors (Lipinski definition) is 3. The summed E-state index contributed by atoms with van der Waals surface area (Å²) >= 11 is 0. The molecule has 2 aromatic heterocycles. The van der Waals surface area contributed by atoms with Crippen LogP contribution in [0.1, 0.15) is 44.6 Å². The second-order valence-electron chi connectivity index (χ2n) is 8.29. The summed E-state index contributed by atoms with van der Waals surface area (Å²) in [5.74, 6) is 0.905. The molecule has 3 N–H and O–H groups in total. The maximum absolute atomic E-state index is 13.4. The van der Waals surface area contributed by atoms with Crippen LogP contribution >= 0.6 is 0 Å². The first kappa shape index (κ1) is 18.7. The monoisotopic (exact) mass is 402 g/mol. The van der Waals surface area contributed by atoms with Gasteiger partial charge in [-0.3, -0.25) is 10.1 Å². The van der Waals surface area contributed by atoms with E-state index in [1.165, 1.54) is 19.3 Å². The first-order chi connectivity index (χ1) is 14.7. The molecule has 0 unspecified atom stereocenters. The number of nitrogens with one attached hydrogen (secondary N) is 2. The average molecular weight is 402 g/mol. The van der Waals surface area contributed by atoms with Crippen LogP contribution in [0.3, 0.4) is 0 Å². The fourth-order valence-corrected chi connectivity index (χ4v) is 4.70. The van der Waals surface area contributed by atoms with Crippen LogP contribution in [0.4, 0.5) is 5.95 Å². The summed E-state index contributed by atoms with van der Waals surface area (Å²) in [7, 11) is 0. The molecule has 30 heavy (non-hydrogen) atoms. The first-order valence-corrected chi connectivity index (χ1v) is 10.7. The summed E-state index contributed by atoms with van der Waals surface area (Å²) in [6, 6.07) is 14.9. The Balaban J connectivity index is 1.47. The zero-order valence-corrected chi connectivity index (χ0v) is 16.8. The maximum Gasteiger partial charge on any atom is 0.249 e. The third kappa shape index (κ3) is 3.54. The molecule has 6 heteroatoms. The van der Waals surface area contributed by atoms with E-state index in [0.717, 1.165) is 34.6 Å². The van der Waals surface area contributed by atoms with Gasteiger partial charge in [0.25, 0.3) is 0 Å². The molecule has 154 valence electrons. The lowest BCUT2D eigenvalue weighted by molar-refractivity contribution is -0.120. The van der Waals surface area contributed by atoms with E-state index in [-0.39, 0.29) is 11.8 Å². The molecule has 1 aliphatic carbocycles. The Morgan fingerprint density at radius 1 is 1.13 bits per heavy atom. The highest BCUT2D eigenvalue weighted by Crippen LogP contribution is 2.36. The number of amides is 1. The lowest BCUT2D eigenvalue weighted by Crippen LogP contribution is -2.28. The fourth-order valence-electron chi connectivity index (χ4n) is 4.70. The largest absolute Gasteiger partial charge is 0.494 e. The van der Waals surface area contributed by atoms with Gasteiger partial charge in [-0.1, -0.05) is 62.4 Å². The van der Waals surface area contributed by atoms with E-state index in [2.05, 4.69) is 15.3 Å². The third-order valence-corrected chi connectivity index (χ3v) is 6.28. The summed E-state index contributed by atoms with van der Waals surface area (Å²) in [5.41, 5.74) is 1.69. The van der Waals surface area contributed by atoms with Crippen LogP contribution in [0.2, 0.25) is 0 Å². The van der Waals surface area contributed by atoms with Crippen LogP contribution < -0.4 is 5.32 Å². The molecule has 6 nitrogen and oxygen atoms in total. The minimum atomic E-state index is -0.492. The van der Waals surface area contributed by atoms with Crippen molar-refractivity contribution < 1.29 is 9.90 Å². The van der Waals surface area contributed by atoms with E-state index < -0.39 is 6.04 Å². The Morgan fingerprint density at radius 3 is 2.70 bits per heavy atom. The third-order valence-electron chi connectivity index (χ3n) is 6.28. The Morgan fingerprint density at radius 2 is 1.90 bits per heavy atom. The molecule has 2 aromatic carbocycles. The van der Waals surface area contributed by atoms with Crippen molar-refractivity contribution in [1.29, 1.82) is 0 Å². The molecule has 1 saturated carbocycles. The maximum atomic E-state index is 13.4. The summed E-state index contributed by atoms with van der Waals surface area (Å²) in [4.78, 5) is 21.0. The molecule has 1 atom stereocenters. The zero-order chi connectivity index (χ0) is 20.5. The number of carbonyl (C=O) groups excluding carboxylic acids is 1. The van der Waals surface area contributed by atoms with Gasteiger partial charge in [-0.05, 0) is 30.5 Å². The number of anilines is 1. The molecule has 0 aliphatic heterocycles. The SMILES string of the molecule is O=C(Nc1nc2ccccc2[nH]1)[C@H](CC1CCCCC1)n1cc2ccccc2c1O. The van der Waals surface area contributed by atoms with Crippen molar-refractivity contribution in [2.75, 3.05) is 5.32 Å². The summed E-state index contributed by atoms with van der Waals surface area (Å²) in [6.45, 7) is 0. The topological polar surface area (TPSA) is 82.9 Å². The van der Waals surface area contributed by atoms with Crippen molar-refractivity contribution in [1.82, 2.24) is 14.5 Å². The molecule has 1 amide bonds. The molecule has 1 fully saturated rings. The second-order valence-corrected chi connectivity index (χ2v) is 8.29. The molecule has 0 spiro atoms. The number of aromatic nitrogens is 3. The van der Waals surface area contributed by atoms with E-state index in [9.17, 15) is 9.90 Å². The fraction of sp³-hybridized carbons (Fsp3) is 0.333. The van der Waals surface area contributed by atoms with Gasteiger partial charge in [0, 0.05) is 17.0 Å². The van der Waals surface area contributed by atoms with E-state index in [0.29, 0.717) is 18.3 Å². The Hall–Kier alpha value is -3.28. The number of nitrogens with zero attached hydrogens (tertiary/aromatic N) is 2. The van der Waals surface area contributed by atoms with Crippen LogP contribution in [-0.4, -0.2) is 25.5 Å². The second kappa shape index (κ2) is 7.86. The molecule has 5 rings (SSSR count). The smallest absolute Gasteiger partial charge is 0.249 e. The highest BCUT2D eigenvalue weighted by Gasteiger charge is 2.28. The van der Waals surface area contributed by atoms with Gasteiger partial charge in [0.05, 0.1) is 11.0 Å². The van der Waals surface area contributed by atoms with Gasteiger partial charge in [-0.2, -0.15) is 0 Å². The van der Waals surface area contributed by atoms with Crippen molar-refractivity contribution in [3.63, 3.8) is 0 Å². The standard InChI is InChI=1S/C24H26N4O2/c29-22(27-24-25-19-12-6-7-13-20(19)26-24)21(14-16-8-2-1-3-9-16)28-15-17-10-4-5-11-18(17)23(28)30/h4-7,10-13,15-16,21,30H,1-3,8-9,14H2,(H2,25,26,27,29)/t21-/m0/s1. The van der Waals surface area contributed by atoms with E-state index >= 15 is 0 Å². The highest BCUT2D eigenvalue weighted by molar-refractivity contribution is 5.95. The van der Waals surface area contributed by atoms with E-state index in [1.807, 2.05) is 54.7 Å². The van der Waals surface area contributed by atoms with Gasteiger partial charge in [0.15, 0.2) is 5.88 Å². The van der Waals surface area contributed by atoms with Crippen LogP contribution in [0.25, 0.3) is 21.8 Å². The quantitative estimate of drug-likeness (QED) is 0.419. The number of benzene rings is 2. The predicted octanol–water partition coefficient (Wildman–Crippen LogP) is 5.37. The zero-order valence-electron chi connectivity index (χ0n) is 16.8. The summed E-state index contributed by atoms with van der Waals surface area (Å²) in [6.07, 6.45) is 8.55. The number of rotatable bonds is 5. The number of carbonyl (C=O) groups is 1. The van der Waals surface area contributed by atoms with Crippen LogP contribution in [0, 0.1) is 5.92 Å². The predicted molar refractivity (Wildman–Crippen MR) is 119 cm³/mol. The summed E-state index contributed by atoms with van der Waals surface area (Å²) in [5, 5.41) is 15.5. The van der Waals surface area contributed by atoms with Gasteiger partial charge in [-0.15, -0.1) is 0 Å². The number of hydrogen-bond donors (Lipinski definition) is 3. The number of fused-ring (bicyclic) bond motifs is 2. The van der Waals surface area contributed by atoms with Gasteiger partial charge < -0.3 is 14.7 Å². The van der Waals surface area contributed by atoms with E-state index in [4.69, 9.17) is 0 Å². The van der Waals surface area contributed by atoms with Gasteiger partial charge in [-0.25, -0.2) is 4.98 Å². The molecular formula is C24H26N4O2. The minimum Gasteiger partial charge on any atom is -0.494 e. The average Bonchev–Trinajstić information content (AvgIpc) is 3.33. The molecule has 2 heterocycles. The Bertz CT molecular complexity index is 1150. The number of H-pyrrole nitrogens is 1. The molecule has 0 saturated heterocycles. The van der Waals surface area contributed by atoms with Gasteiger partial charge >= 0.3 is 0 Å². The van der Waals surface area contributed by atoms with Crippen LogP contribution in [-0.2, 0) is 4.79 Å². The molecule has 4 aromatic rings. The van der Waals surface area contributed by atoms with Crippen molar-refractivity contribution in [2.45, 2.75) is 44.6 Å². The molecule has 1 aliphatic rings. The Labute approximate surface area is 174 Å². The van der Waals surface area contributed by atoms with Gasteiger partial charge in [0.2, 0.25) is 11.9 Å². The number of imidazole rings is 1. The van der Waals surface area contributed by atoms with Crippen molar-refractivity contribution >= 4 is 33.7 Å². The van der Waals surface area contributed by atoms with Crippen molar-refractivity contribution in [3.8, 4) is 5.88 Å². The first-order valence-electron chi connectivity index (χ1n) is 10.7. The van der Waals surface area contributed by atoms with Crippen molar-refractivity contribution in [2.24, 2.45) is 5.92 Å². The van der Waals surface area contributed by atoms with Gasteiger partial charge in [0.1, 0.15) is 6.04 Å². The van der Waals surface area contributed by atoms with E-state index in [1.54, 1.807) is 4.57 Å². The molecule has 0 bridgehead atoms. The Kier molecular flexibility index (Phi) is 4.91. The van der Waals surface area contributed by atoms with Crippen molar-refractivity contribution in [3.05, 3.63) is 54.7 Å². The van der Waals surface area contributed by atoms with Crippen LogP contribution in [0.5, 0.6) is 5.88 Å².